The van der Waals surface area contributed by atoms with Crippen LogP contribution in [0, 0.1) is 5.92 Å². The largest absolute Gasteiger partial charge is 0.493 e. The molecule has 0 fully saturated rings. The van der Waals surface area contributed by atoms with Gasteiger partial charge in [0.1, 0.15) is 0 Å². The number of benzene rings is 2. The number of pyridine rings is 1. The monoisotopic (exact) mass is 420 g/mol. The lowest BCUT2D eigenvalue weighted by molar-refractivity contribution is -0.686. The molecule has 6 heteroatoms. The molecule has 0 saturated carbocycles. The van der Waals surface area contributed by atoms with E-state index in [1.807, 2.05) is 26.0 Å². The van der Waals surface area contributed by atoms with Crippen molar-refractivity contribution < 1.29 is 28.3 Å². The number of aromatic nitrogens is 1. The summed E-state index contributed by atoms with van der Waals surface area (Å²) in [6, 6.07) is 10.2. The zero-order valence-electron chi connectivity index (χ0n) is 18.1. The van der Waals surface area contributed by atoms with Crippen molar-refractivity contribution >= 4 is 16.7 Å². The van der Waals surface area contributed by atoms with E-state index >= 15 is 0 Å². The molecule has 3 heterocycles. The molecule has 160 valence electrons. The average molecular weight is 420 g/mol. The van der Waals surface area contributed by atoms with Crippen LogP contribution in [0.15, 0.2) is 36.5 Å². The third kappa shape index (κ3) is 3.26. The molecule has 0 unspecified atom stereocenters. The number of fused-ring (bicyclic) bond motifs is 5. The summed E-state index contributed by atoms with van der Waals surface area (Å²) in [5.74, 6) is 2.31. The van der Waals surface area contributed by atoms with Crippen molar-refractivity contribution in [1.29, 1.82) is 0 Å². The van der Waals surface area contributed by atoms with Gasteiger partial charge in [-0.2, -0.15) is 4.57 Å². The van der Waals surface area contributed by atoms with Gasteiger partial charge in [-0.05, 0) is 48.1 Å². The number of esters is 1. The number of methoxy groups -OCH3 is 1. The van der Waals surface area contributed by atoms with Crippen molar-refractivity contribution in [3.63, 3.8) is 0 Å². The average Bonchev–Trinajstić information content (AvgIpc) is 3.25. The van der Waals surface area contributed by atoms with Crippen LogP contribution in [0.25, 0.3) is 22.0 Å². The normalized spacial score (nSPS) is 13.8. The number of nitrogens with zero attached hydrogens (tertiary/aromatic N) is 1. The van der Waals surface area contributed by atoms with E-state index in [9.17, 15) is 4.79 Å². The Balaban J connectivity index is 1.63. The second-order valence-corrected chi connectivity index (χ2v) is 8.00. The predicted octanol–water partition coefficient (Wildman–Crippen LogP) is 4.43. The molecule has 2 aliphatic heterocycles. The summed E-state index contributed by atoms with van der Waals surface area (Å²) in [7, 11) is 1.60. The smallest absolute Gasteiger partial charge is 0.314 e. The van der Waals surface area contributed by atoms with Crippen molar-refractivity contribution in [1.82, 2.24) is 0 Å². The van der Waals surface area contributed by atoms with Gasteiger partial charge in [-0.15, -0.1) is 0 Å². The lowest BCUT2D eigenvalue weighted by atomic mass is 9.95. The third-order valence-corrected chi connectivity index (χ3v) is 6.32. The lowest BCUT2D eigenvalue weighted by Gasteiger charge is -2.18. The molecule has 0 bridgehead atoms. The number of carbonyl (C=O) groups excluding carboxylic acids is 1. The summed E-state index contributed by atoms with van der Waals surface area (Å²) >= 11 is 0. The summed E-state index contributed by atoms with van der Waals surface area (Å²) < 4.78 is 24.8. The fraction of sp³-hybridized carbons (Fsp3) is 0.360. The molecule has 0 atom stereocenters. The Morgan fingerprint density at radius 3 is 2.65 bits per heavy atom. The molecule has 0 N–H and O–H groups in total. The molecular weight excluding hydrogens is 394 g/mol. The van der Waals surface area contributed by atoms with Crippen LogP contribution in [0.1, 0.15) is 32.3 Å². The van der Waals surface area contributed by atoms with Gasteiger partial charge >= 0.3 is 5.97 Å². The number of hydrogen-bond acceptors (Lipinski definition) is 5. The molecule has 31 heavy (non-hydrogen) atoms. The molecule has 1 aromatic heterocycles. The minimum atomic E-state index is -0.212. The van der Waals surface area contributed by atoms with Crippen molar-refractivity contribution in [3.05, 3.63) is 42.1 Å². The number of ether oxygens (including phenoxy) is 4. The van der Waals surface area contributed by atoms with Crippen molar-refractivity contribution in [2.75, 3.05) is 13.9 Å². The Morgan fingerprint density at radius 2 is 1.90 bits per heavy atom. The summed E-state index contributed by atoms with van der Waals surface area (Å²) in [5.41, 5.74) is 3.50. The van der Waals surface area contributed by atoms with Gasteiger partial charge in [0, 0.05) is 12.5 Å². The second-order valence-electron chi connectivity index (χ2n) is 8.00. The molecule has 0 amide bonds. The summed E-state index contributed by atoms with van der Waals surface area (Å²) in [5, 5.41) is 1.86. The van der Waals surface area contributed by atoms with Gasteiger partial charge in [0.15, 0.2) is 35.7 Å². The Bertz CT molecular complexity index is 1180. The topological polar surface area (TPSA) is 57.9 Å². The zero-order chi connectivity index (χ0) is 21.5. The van der Waals surface area contributed by atoms with Crippen LogP contribution in [0.3, 0.4) is 0 Å². The fourth-order valence-electron chi connectivity index (χ4n) is 4.47. The van der Waals surface area contributed by atoms with E-state index < -0.39 is 0 Å². The van der Waals surface area contributed by atoms with Crippen LogP contribution in [-0.4, -0.2) is 19.9 Å². The number of aryl methyl sites for hydroxylation is 2. The first-order valence-electron chi connectivity index (χ1n) is 10.8. The lowest BCUT2D eigenvalue weighted by Crippen LogP contribution is -2.40. The first-order valence-corrected chi connectivity index (χ1v) is 10.8. The Kier molecular flexibility index (Phi) is 4.93. The first kappa shape index (κ1) is 19.7. The van der Waals surface area contributed by atoms with Crippen LogP contribution < -0.4 is 23.5 Å². The molecule has 0 saturated heterocycles. The van der Waals surface area contributed by atoms with Crippen LogP contribution in [0.5, 0.6) is 23.0 Å². The highest BCUT2D eigenvalue weighted by Gasteiger charge is 2.29. The molecule has 3 aromatic rings. The third-order valence-electron chi connectivity index (χ3n) is 6.32. The fourth-order valence-corrected chi connectivity index (χ4v) is 4.47. The predicted molar refractivity (Wildman–Crippen MR) is 116 cm³/mol. The second kappa shape index (κ2) is 7.76. The van der Waals surface area contributed by atoms with Gasteiger partial charge in [0.2, 0.25) is 12.5 Å². The van der Waals surface area contributed by atoms with Crippen LogP contribution in [0.2, 0.25) is 0 Å². The van der Waals surface area contributed by atoms with Gasteiger partial charge in [-0.25, -0.2) is 0 Å². The summed E-state index contributed by atoms with van der Waals surface area (Å²) in [6.07, 6.45) is 4.46. The highest BCUT2D eigenvalue weighted by atomic mass is 16.7. The maximum absolute atomic E-state index is 12.7. The molecule has 6 nitrogen and oxygen atoms in total. The summed E-state index contributed by atoms with van der Waals surface area (Å²) in [4.78, 5) is 12.7. The maximum atomic E-state index is 12.7. The van der Waals surface area contributed by atoms with E-state index in [-0.39, 0.29) is 18.7 Å². The maximum Gasteiger partial charge on any atom is 0.314 e. The van der Waals surface area contributed by atoms with Crippen LogP contribution in [-0.2, 0) is 17.8 Å². The van der Waals surface area contributed by atoms with Crippen molar-refractivity contribution in [3.8, 4) is 34.3 Å². The Morgan fingerprint density at radius 1 is 1.13 bits per heavy atom. The van der Waals surface area contributed by atoms with E-state index in [2.05, 4.69) is 29.0 Å². The van der Waals surface area contributed by atoms with Gasteiger partial charge in [-0.3, -0.25) is 4.79 Å². The van der Waals surface area contributed by atoms with E-state index in [4.69, 9.17) is 18.9 Å². The molecule has 0 spiro atoms. The van der Waals surface area contributed by atoms with Gasteiger partial charge < -0.3 is 18.9 Å². The summed E-state index contributed by atoms with van der Waals surface area (Å²) in [6.45, 7) is 5.10. The van der Waals surface area contributed by atoms with Crippen LogP contribution >= 0.6 is 0 Å². The SMILES string of the molecule is CCC(CC)C(=O)Oc1c(OC)ccc2cc3[n+](cc12)CCc1cc2c(cc1-3)OCO2. The standard InChI is InChI=1S/C25H26NO5/c1-4-15(5-2)25(27)31-24-19-13-26-9-8-17-11-22-23(30-14-29-22)12-18(17)20(26)10-16(19)6-7-21(24)28-3/h6-7,10-13,15H,4-5,8-9,14H2,1-3H3/q+1. The van der Waals surface area contributed by atoms with E-state index in [1.165, 1.54) is 5.56 Å². The zero-order valence-corrected chi connectivity index (χ0v) is 18.1. The molecule has 2 aliphatic rings. The minimum Gasteiger partial charge on any atom is -0.493 e. The molecule has 0 radical (unpaired) electrons. The molecule has 5 rings (SSSR count). The molecular formula is C25H26NO5+. The number of carbonyl (C=O) groups is 1. The molecule has 0 aliphatic carbocycles. The van der Waals surface area contributed by atoms with Crippen molar-refractivity contribution in [2.45, 2.75) is 39.7 Å². The first-order chi connectivity index (χ1) is 15.1. The van der Waals surface area contributed by atoms with Gasteiger partial charge in [0.25, 0.3) is 0 Å². The number of hydrogen-bond donors (Lipinski definition) is 0. The van der Waals surface area contributed by atoms with E-state index in [1.54, 1.807) is 7.11 Å². The van der Waals surface area contributed by atoms with E-state index in [0.717, 1.165) is 59.3 Å². The Hall–Kier alpha value is -3.28. The highest BCUT2D eigenvalue weighted by molar-refractivity contribution is 5.94. The van der Waals surface area contributed by atoms with Gasteiger partial charge in [0.05, 0.1) is 24.0 Å². The quantitative estimate of drug-likeness (QED) is 0.347. The highest BCUT2D eigenvalue weighted by Crippen LogP contribution is 2.41. The minimum absolute atomic E-state index is 0.124. The van der Waals surface area contributed by atoms with Gasteiger partial charge in [-0.1, -0.05) is 13.8 Å². The molecule has 2 aromatic carbocycles. The van der Waals surface area contributed by atoms with E-state index in [0.29, 0.717) is 11.5 Å². The van der Waals surface area contributed by atoms with Crippen molar-refractivity contribution in [2.24, 2.45) is 5.92 Å². The Labute approximate surface area is 181 Å². The van der Waals surface area contributed by atoms with Crippen LogP contribution in [0.4, 0.5) is 0 Å². The number of rotatable bonds is 5.